The third kappa shape index (κ3) is 4.26. The van der Waals surface area contributed by atoms with Gasteiger partial charge in [-0.15, -0.1) is 11.3 Å². The van der Waals surface area contributed by atoms with Gasteiger partial charge in [0.1, 0.15) is 12.4 Å². The minimum Gasteiger partial charge on any atom is -0.352 e. The summed E-state index contributed by atoms with van der Waals surface area (Å²) in [4.78, 5) is 25.7. The van der Waals surface area contributed by atoms with Crippen LogP contribution in [0.4, 0.5) is 23.9 Å². The quantitative estimate of drug-likeness (QED) is 0.375. The van der Waals surface area contributed by atoms with Crippen LogP contribution in [-0.2, 0) is 6.67 Å². The number of carbonyl (C=O) groups excluding carboxylic acids is 1. The summed E-state index contributed by atoms with van der Waals surface area (Å²) in [5.41, 5.74) is 1.44. The first-order valence-corrected chi connectivity index (χ1v) is 11.4. The highest BCUT2D eigenvalue weighted by Crippen LogP contribution is 2.40. The van der Waals surface area contributed by atoms with Crippen molar-refractivity contribution in [2.24, 2.45) is 0 Å². The molecule has 0 unspecified atom stereocenters. The van der Waals surface area contributed by atoms with Crippen LogP contribution in [0.3, 0.4) is 0 Å². The van der Waals surface area contributed by atoms with E-state index in [1.54, 1.807) is 23.1 Å². The van der Waals surface area contributed by atoms with E-state index in [1.165, 1.54) is 23.6 Å². The van der Waals surface area contributed by atoms with Crippen molar-refractivity contribution in [3.05, 3.63) is 60.1 Å². The van der Waals surface area contributed by atoms with E-state index in [-0.39, 0.29) is 23.2 Å². The average Bonchev–Trinajstić information content (AvgIpc) is 3.46. The van der Waals surface area contributed by atoms with Crippen molar-refractivity contribution >= 4 is 33.4 Å². The molecule has 2 amide bonds. The van der Waals surface area contributed by atoms with Gasteiger partial charge >= 0.3 is 6.03 Å². The fourth-order valence-electron chi connectivity index (χ4n) is 3.86. The maximum absolute atomic E-state index is 14.7. The maximum Gasteiger partial charge on any atom is 0.317 e. The maximum atomic E-state index is 14.7. The van der Waals surface area contributed by atoms with Crippen LogP contribution in [0.1, 0.15) is 5.56 Å². The van der Waals surface area contributed by atoms with Gasteiger partial charge in [0.05, 0.1) is 11.1 Å². The van der Waals surface area contributed by atoms with Crippen LogP contribution >= 0.6 is 11.3 Å². The molecule has 1 aliphatic rings. The van der Waals surface area contributed by atoms with E-state index < -0.39 is 18.4 Å². The molecule has 34 heavy (non-hydrogen) atoms. The summed E-state index contributed by atoms with van der Waals surface area (Å²) in [5, 5.41) is 6.55. The predicted molar refractivity (Wildman–Crippen MR) is 124 cm³/mol. The molecule has 0 spiro atoms. The van der Waals surface area contributed by atoms with Crippen LogP contribution in [0.25, 0.3) is 31.8 Å². The van der Waals surface area contributed by atoms with Gasteiger partial charge < -0.3 is 15.5 Å². The number of nitrogens with zero attached hydrogens (tertiary/aromatic N) is 4. The van der Waals surface area contributed by atoms with Gasteiger partial charge in [-0.05, 0) is 17.0 Å². The van der Waals surface area contributed by atoms with Crippen molar-refractivity contribution in [2.75, 3.05) is 31.5 Å². The van der Waals surface area contributed by atoms with Gasteiger partial charge in [0, 0.05) is 54.3 Å². The molecular weight excluding hydrogens is 465 g/mol. The van der Waals surface area contributed by atoms with Gasteiger partial charge in [0.2, 0.25) is 11.9 Å². The second-order valence-corrected chi connectivity index (χ2v) is 8.72. The first kappa shape index (κ1) is 22.1. The summed E-state index contributed by atoms with van der Waals surface area (Å²) < 4.78 is 42.8. The predicted octanol–water partition coefficient (Wildman–Crippen LogP) is 4.61. The monoisotopic (exact) mass is 484 g/mol. The van der Waals surface area contributed by atoms with E-state index in [9.17, 15) is 18.0 Å². The molecule has 3 aromatic heterocycles. The molecule has 0 aliphatic carbocycles. The number of hydrogen-bond acceptors (Lipinski definition) is 6. The fraction of sp³-hybridized carbons (Fsp3) is 0.217. The van der Waals surface area contributed by atoms with Gasteiger partial charge in [0.15, 0.2) is 5.82 Å². The highest BCUT2D eigenvalue weighted by atomic mass is 32.1. The number of nitrogens with one attached hydrogen (secondary N) is 2. The Morgan fingerprint density at radius 3 is 2.82 bits per heavy atom. The molecule has 0 radical (unpaired) electrons. The lowest BCUT2D eigenvalue weighted by atomic mass is 10.0. The Morgan fingerprint density at radius 2 is 2.03 bits per heavy atom. The van der Waals surface area contributed by atoms with Gasteiger partial charge in [-0.1, -0.05) is 18.2 Å². The van der Waals surface area contributed by atoms with Crippen molar-refractivity contribution in [2.45, 2.75) is 6.67 Å². The Hall–Kier alpha value is -3.73. The molecule has 1 saturated heterocycles. The summed E-state index contributed by atoms with van der Waals surface area (Å²) in [6, 6.07) is 8.29. The molecule has 0 atom stereocenters. The second-order valence-electron chi connectivity index (χ2n) is 7.67. The van der Waals surface area contributed by atoms with Crippen molar-refractivity contribution in [3.8, 4) is 21.7 Å². The minimum absolute atomic E-state index is 0.117. The summed E-state index contributed by atoms with van der Waals surface area (Å²) >= 11 is 1.28. The third-order valence-electron chi connectivity index (χ3n) is 5.52. The molecule has 1 aromatic carbocycles. The largest absolute Gasteiger partial charge is 0.352 e. The molecule has 174 valence electrons. The number of thiophene rings is 1. The van der Waals surface area contributed by atoms with Crippen LogP contribution in [0, 0.1) is 11.8 Å². The number of alkyl halides is 1. The first-order valence-electron chi connectivity index (χ1n) is 10.6. The smallest absolute Gasteiger partial charge is 0.317 e. The second kappa shape index (κ2) is 9.26. The van der Waals surface area contributed by atoms with E-state index in [2.05, 4.69) is 25.6 Å². The van der Waals surface area contributed by atoms with Crippen molar-refractivity contribution in [1.29, 1.82) is 0 Å². The third-order valence-corrected chi connectivity index (χ3v) is 6.71. The number of rotatable bonds is 7. The minimum atomic E-state index is -0.786. The van der Waals surface area contributed by atoms with Crippen LogP contribution in [0.5, 0.6) is 0 Å². The van der Waals surface area contributed by atoms with E-state index in [4.69, 9.17) is 0 Å². The summed E-state index contributed by atoms with van der Waals surface area (Å²) in [6.07, 6.45) is 2.28. The molecule has 11 heteroatoms. The molecule has 5 rings (SSSR count). The zero-order valence-corrected chi connectivity index (χ0v) is 18.6. The number of benzene rings is 1. The highest BCUT2D eigenvalue weighted by molar-refractivity contribution is 7.22. The molecule has 4 heterocycles. The van der Waals surface area contributed by atoms with Gasteiger partial charge in [-0.25, -0.2) is 28.5 Å². The lowest BCUT2D eigenvalue weighted by molar-refractivity contribution is 0.219. The molecule has 2 N–H and O–H groups in total. The van der Waals surface area contributed by atoms with Crippen molar-refractivity contribution in [1.82, 2.24) is 25.2 Å². The van der Waals surface area contributed by atoms with Crippen molar-refractivity contribution < 1.29 is 18.0 Å². The molecular formula is C23H19F3N6OS. The van der Waals surface area contributed by atoms with Crippen LogP contribution in [0.15, 0.2) is 42.7 Å². The SMILES string of the molecule is O=C1NCCN1CCNc1ncc(F)c(-c2cc3cccc(-c4cc(F)ncc4CF)c3s2)n1. The van der Waals surface area contributed by atoms with Gasteiger partial charge in [-0.2, -0.15) is 4.39 Å². The Labute approximate surface area is 196 Å². The lowest BCUT2D eigenvalue weighted by Gasteiger charge is -2.14. The van der Waals surface area contributed by atoms with Crippen LogP contribution < -0.4 is 10.6 Å². The number of fused-ring (bicyclic) bond motifs is 1. The van der Waals surface area contributed by atoms with E-state index in [1.807, 2.05) is 6.07 Å². The molecule has 0 saturated carbocycles. The Morgan fingerprint density at radius 1 is 1.15 bits per heavy atom. The van der Waals surface area contributed by atoms with Crippen molar-refractivity contribution in [3.63, 3.8) is 0 Å². The van der Waals surface area contributed by atoms with Crippen LogP contribution in [-0.4, -0.2) is 52.1 Å². The first-order chi connectivity index (χ1) is 16.5. The van der Waals surface area contributed by atoms with Crippen LogP contribution in [0.2, 0.25) is 0 Å². The Bertz CT molecular complexity index is 1380. The summed E-state index contributed by atoms with van der Waals surface area (Å²) in [6.45, 7) is 1.34. The number of pyridine rings is 1. The lowest BCUT2D eigenvalue weighted by Crippen LogP contribution is -2.32. The molecule has 1 fully saturated rings. The average molecular weight is 485 g/mol. The molecule has 4 aromatic rings. The Kier molecular flexibility index (Phi) is 6.01. The number of aromatic nitrogens is 3. The zero-order valence-electron chi connectivity index (χ0n) is 17.8. The number of urea groups is 1. The number of hydrogen-bond donors (Lipinski definition) is 2. The fourth-order valence-corrected chi connectivity index (χ4v) is 5.04. The highest BCUT2D eigenvalue weighted by Gasteiger charge is 2.19. The van der Waals surface area contributed by atoms with E-state index >= 15 is 0 Å². The Balaban J connectivity index is 1.46. The van der Waals surface area contributed by atoms with E-state index in [0.717, 1.165) is 16.3 Å². The summed E-state index contributed by atoms with van der Waals surface area (Å²) in [5.74, 6) is -1.05. The molecule has 1 aliphatic heterocycles. The zero-order chi connectivity index (χ0) is 23.7. The van der Waals surface area contributed by atoms with Gasteiger partial charge in [0.25, 0.3) is 0 Å². The normalized spacial score (nSPS) is 13.5. The number of halogens is 3. The molecule has 7 nitrogen and oxygen atoms in total. The standard InChI is InChI=1S/C23H19F3N6OS/c24-10-14-11-29-19(26)9-16(14)15-3-1-2-13-8-18(34-21(13)15)20-17(25)12-30-22(31-20)27-4-6-32-7-5-28-23(32)33/h1-3,8-9,11-12H,4-7,10H2,(H,28,33)(H,27,30,31). The molecule has 0 bridgehead atoms. The summed E-state index contributed by atoms with van der Waals surface area (Å²) in [7, 11) is 0. The number of carbonyl (C=O) groups is 1. The van der Waals surface area contributed by atoms with Gasteiger partial charge in [-0.3, -0.25) is 0 Å². The number of amides is 2. The topological polar surface area (TPSA) is 83.0 Å². The van der Waals surface area contributed by atoms with E-state index in [0.29, 0.717) is 42.2 Å². The number of anilines is 1.